The number of rotatable bonds is 5. The molecule has 15 heavy (non-hydrogen) atoms. The topological polar surface area (TPSA) is 12.0 Å². The average Bonchev–Trinajstić information content (AvgIpc) is 2.26. The molecule has 0 saturated carbocycles. The summed E-state index contributed by atoms with van der Waals surface area (Å²) >= 11 is 0. The molecule has 0 spiro atoms. The van der Waals surface area contributed by atoms with E-state index in [9.17, 15) is 4.39 Å². The molecule has 1 rings (SSSR count). The molecule has 1 nitrogen and oxygen atoms in total. The first kappa shape index (κ1) is 12.2. The van der Waals surface area contributed by atoms with Gasteiger partial charge in [0.15, 0.2) is 0 Å². The third kappa shape index (κ3) is 3.31. The van der Waals surface area contributed by atoms with E-state index in [0.29, 0.717) is 12.0 Å². The van der Waals surface area contributed by atoms with E-state index in [4.69, 9.17) is 0 Å². The van der Waals surface area contributed by atoms with Gasteiger partial charge in [-0.2, -0.15) is 0 Å². The quantitative estimate of drug-likeness (QED) is 0.782. The van der Waals surface area contributed by atoms with Gasteiger partial charge in [-0.1, -0.05) is 39.3 Å². The maximum absolute atomic E-state index is 12.8. The van der Waals surface area contributed by atoms with Crippen LogP contribution < -0.4 is 5.32 Å². The summed E-state index contributed by atoms with van der Waals surface area (Å²) in [5.41, 5.74) is 1.17. The van der Waals surface area contributed by atoms with Crippen molar-refractivity contribution in [3.8, 4) is 0 Å². The second-order valence-corrected chi connectivity index (χ2v) is 3.97. The van der Waals surface area contributed by atoms with Crippen molar-refractivity contribution in [2.75, 3.05) is 6.54 Å². The van der Waals surface area contributed by atoms with E-state index in [2.05, 4.69) is 26.1 Å². The normalized spacial score (nSPS) is 14.9. The van der Waals surface area contributed by atoms with Gasteiger partial charge in [0.2, 0.25) is 0 Å². The third-order valence-electron chi connectivity index (χ3n) is 2.87. The zero-order chi connectivity index (χ0) is 11.3. The van der Waals surface area contributed by atoms with E-state index < -0.39 is 0 Å². The Balaban J connectivity index is 2.83. The van der Waals surface area contributed by atoms with Crippen molar-refractivity contribution in [3.05, 3.63) is 35.6 Å². The lowest BCUT2D eigenvalue weighted by Crippen LogP contribution is -2.26. The minimum atomic E-state index is -0.168. The summed E-state index contributed by atoms with van der Waals surface area (Å²) in [6.45, 7) is 7.43. The van der Waals surface area contributed by atoms with Crippen LogP contribution in [0.2, 0.25) is 0 Å². The van der Waals surface area contributed by atoms with Crippen LogP contribution in [0.1, 0.15) is 38.8 Å². The zero-order valence-corrected chi connectivity index (χ0v) is 9.76. The minimum absolute atomic E-state index is 0.168. The smallest absolute Gasteiger partial charge is 0.123 e. The predicted molar refractivity (Wildman–Crippen MR) is 62.3 cm³/mol. The molecule has 1 aromatic carbocycles. The first-order valence-electron chi connectivity index (χ1n) is 5.67. The van der Waals surface area contributed by atoms with Crippen molar-refractivity contribution in [2.45, 2.75) is 33.2 Å². The molecular formula is C13H20FN. The summed E-state index contributed by atoms with van der Waals surface area (Å²) in [7, 11) is 0. The van der Waals surface area contributed by atoms with Crippen molar-refractivity contribution in [2.24, 2.45) is 5.92 Å². The van der Waals surface area contributed by atoms with Crippen LogP contribution in [-0.4, -0.2) is 6.54 Å². The molecule has 0 saturated heterocycles. The molecule has 0 aliphatic heterocycles. The highest BCUT2D eigenvalue weighted by atomic mass is 19.1. The number of nitrogens with one attached hydrogen (secondary N) is 1. The van der Waals surface area contributed by atoms with Gasteiger partial charge in [0.05, 0.1) is 0 Å². The van der Waals surface area contributed by atoms with Crippen molar-refractivity contribution in [1.29, 1.82) is 0 Å². The summed E-state index contributed by atoms with van der Waals surface area (Å²) in [4.78, 5) is 0. The van der Waals surface area contributed by atoms with Crippen molar-refractivity contribution < 1.29 is 4.39 Å². The molecule has 0 radical (unpaired) electrons. The molecule has 0 aliphatic rings. The molecule has 0 amide bonds. The van der Waals surface area contributed by atoms with E-state index in [-0.39, 0.29) is 5.82 Å². The van der Waals surface area contributed by atoms with E-state index in [1.807, 2.05) is 12.1 Å². The summed E-state index contributed by atoms with van der Waals surface area (Å²) < 4.78 is 12.8. The van der Waals surface area contributed by atoms with Gasteiger partial charge in [-0.3, -0.25) is 0 Å². The SMILES string of the molecule is CCNC(c1ccc(F)cc1)C(C)CC. The van der Waals surface area contributed by atoms with Gasteiger partial charge in [-0.25, -0.2) is 4.39 Å². The standard InChI is InChI=1S/C13H20FN/c1-4-10(3)13(15-5-2)11-6-8-12(14)9-7-11/h6-10,13,15H,4-5H2,1-3H3. The maximum Gasteiger partial charge on any atom is 0.123 e. The van der Waals surface area contributed by atoms with Crippen LogP contribution >= 0.6 is 0 Å². The third-order valence-corrected chi connectivity index (χ3v) is 2.87. The highest BCUT2D eigenvalue weighted by Gasteiger charge is 2.16. The van der Waals surface area contributed by atoms with E-state index >= 15 is 0 Å². The Kier molecular flexibility index (Phi) is 4.76. The molecule has 0 bridgehead atoms. The lowest BCUT2D eigenvalue weighted by Gasteiger charge is -2.24. The van der Waals surface area contributed by atoms with E-state index in [1.165, 1.54) is 17.7 Å². The van der Waals surface area contributed by atoms with Gasteiger partial charge >= 0.3 is 0 Å². The highest BCUT2D eigenvalue weighted by molar-refractivity contribution is 5.20. The molecule has 2 atom stereocenters. The molecule has 1 aromatic rings. The summed E-state index contributed by atoms with van der Waals surface area (Å²) in [5, 5.41) is 3.45. The van der Waals surface area contributed by atoms with E-state index in [1.54, 1.807) is 0 Å². The molecule has 0 heterocycles. The summed E-state index contributed by atoms with van der Waals surface area (Å²) in [6, 6.07) is 7.13. The van der Waals surface area contributed by atoms with Crippen LogP contribution in [0.25, 0.3) is 0 Å². The van der Waals surface area contributed by atoms with Gasteiger partial charge in [-0.15, -0.1) is 0 Å². The molecule has 84 valence electrons. The Morgan fingerprint density at radius 3 is 2.27 bits per heavy atom. The van der Waals surface area contributed by atoms with Gasteiger partial charge < -0.3 is 5.32 Å². The monoisotopic (exact) mass is 209 g/mol. The molecule has 2 unspecified atom stereocenters. The molecule has 0 fully saturated rings. The first-order valence-corrected chi connectivity index (χ1v) is 5.67. The van der Waals surface area contributed by atoms with Crippen LogP contribution in [0.5, 0.6) is 0 Å². The molecule has 0 aromatic heterocycles. The Hall–Kier alpha value is -0.890. The van der Waals surface area contributed by atoms with Crippen LogP contribution in [0.3, 0.4) is 0 Å². The molecule has 2 heteroatoms. The fourth-order valence-electron chi connectivity index (χ4n) is 1.77. The van der Waals surface area contributed by atoms with Crippen LogP contribution in [0.4, 0.5) is 4.39 Å². The molecule has 0 aliphatic carbocycles. The highest BCUT2D eigenvalue weighted by Crippen LogP contribution is 2.24. The van der Waals surface area contributed by atoms with E-state index in [0.717, 1.165) is 13.0 Å². The van der Waals surface area contributed by atoms with Crippen LogP contribution in [0, 0.1) is 11.7 Å². The lowest BCUT2D eigenvalue weighted by molar-refractivity contribution is 0.383. The Bertz CT molecular complexity index is 281. The van der Waals surface area contributed by atoms with Crippen molar-refractivity contribution >= 4 is 0 Å². The van der Waals surface area contributed by atoms with Gasteiger partial charge in [0.1, 0.15) is 5.82 Å². The molecular weight excluding hydrogens is 189 g/mol. The van der Waals surface area contributed by atoms with Crippen molar-refractivity contribution in [3.63, 3.8) is 0 Å². The van der Waals surface area contributed by atoms with Crippen molar-refractivity contribution in [1.82, 2.24) is 5.32 Å². The predicted octanol–water partition coefficient (Wildman–Crippen LogP) is 3.52. The number of hydrogen-bond acceptors (Lipinski definition) is 1. The number of hydrogen-bond donors (Lipinski definition) is 1. The lowest BCUT2D eigenvalue weighted by atomic mass is 9.92. The second-order valence-electron chi connectivity index (χ2n) is 3.97. The molecule has 1 N–H and O–H groups in total. The maximum atomic E-state index is 12.8. The largest absolute Gasteiger partial charge is 0.310 e. The average molecular weight is 209 g/mol. The van der Waals surface area contributed by atoms with Crippen LogP contribution in [0.15, 0.2) is 24.3 Å². The Morgan fingerprint density at radius 2 is 1.80 bits per heavy atom. The Morgan fingerprint density at radius 1 is 1.20 bits per heavy atom. The Labute approximate surface area is 91.7 Å². The van der Waals surface area contributed by atoms with Gasteiger partial charge in [0, 0.05) is 6.04 Å². The van der Waals surface area contributed by atoms with Gasteiger partial charge in [0.25, 0.3) is 0 Å². The fourth-order valence-corrected chi connectivity index (χ4v) is 1.77. The summed E-state index contributed by atoms with van der Waals surface area (Å²) in [6.07, 6.45) is 1.12. The van der Waals surface area contributed by atoms with Gasteiger partial charge in [-0.05, 0) is 30.2 Å². The number of halogens is 1. The zero-order valence-electron chi connectivity index (χ0n) is 9.76. The van der Waals surface area contributed by atoms with Crippen LogP contribution in [-0.2, 0) is 0 Å². The second kappa shape index (κ2) is 5.86. The first-order chi connectivity index (χ1) is 7.19. The fraction of sp³-hybridized carbons (Fsp3) is 0.538. The number of benzene rings is 1. The summed E-state index contributed by atoms with van der Waals surface area (Å²) in [5.74, 6) is 0.397. The minimum Gasteiger partial charge on any atom is -0.310 e.